The molecule has 0 amide bonds. The summed E-state index contributed by atoms with van der Waals surface area (Å²) >= 11 is 0. The molecule has 5 nitrogen and oxygen atoms in total. The van der Waals surface area contributed by atoms with Crippen LogP contribution in [0, 0.1) is 6.92 Å². The van der Waals surface area contributed by atoms with Crippen LogP contribution in [-0.4, -0.2) is 28.3 Å². The summed E-state index contributed by atoms with van der Waals surface area (Å²) in [6.07, 6.45) is 0.623. The molecule has 5 heteroatoms. The summed E-state index contributed by atoms with van der Waals surface area (Å²) in [5, 5.41) is 21.0. The van der Waals surface area contributed by atoms with E-state index in [4.69, 9.17) is 14.6 Å². The van der Waals surface area contributed by atoms with Crippen LogP contribution in [0.2, 0.25) is 0 Å². The average molecular weight is 241 g/mol. The van der Waals surface area contributed by atoms with Crippen molar-refractivity contribution >= 4 is 5.97 Å². The van der Waals surface area contributed by atoms with E-state index < -0.39 is 5.97 Å². The van der Waals surface area contributed by atoms with E-state index in [2.05, 4.69) is 5.32 Å². The lowest BCUT2D eigenvalue weighted by Crippen LogP contribution is -2.39. The molecule has 17 heavy (non-hydrogen) atoms. The number of aliphatic hydroxyl groups excluding tert-OH is 1. The van der Waals surface area contributed by atoms with Crippen LogP contribution < -0.4 is 5.32 Å². The normalized spacial score (nSPS) is 11.8. The van der Waals surface area contributed by atoms with Crippen molar-refractivity contribution in [3.8, 4) is 0 Å². The Bertz CT molecular complexity index is 395. The predicted molar refractivity (Wildman–Crippen MR) is 63.0 cm³/mol. The van der Waals surface area contributed by atoms with Gasteiger partial charge in [0.2, 0.25) is 0 Å². The number of aromatic carboxylic acids is 1. The number of aryl methyl sites for hydroxylation is 1. The quantitative estimate of drug-likeness (QED) is 0.703. The standard InChI is InChI=1S/C12H19NO4/c1-8-10(11(15)16)6-9(17-8)7-13-12(2,3)4-5-14/h6,13-14H,4-5,7H2,1-3H3,(H,15,16). The van der Waals surface area contributed by atoms with Crippen LogP contribution in [0.4, 0.5) is 0 Å². The van der Waals surface area contributed by atoms with Gasteiger partial charge in [-0.1, -0.05) is 0 Å². The summed E-state index contributed by atoms with van der Waals surface area (Å²) in [7, 11) is 0. The second-order valence-corrected chi connectivity index (χ2v) is 4.70. The fourth-order valence-electron chi connectivity index (χ4n) is 1.54. The Morgan fingerprint density at radius 1 is 1.53 bits per heavy atom. The van der Waals surface area contributed by atoms with Gasteiger partial charge in [-0.2, -0.15) is 0 Å². The van der Waals surface area contributed by atoms with Gasteiger partial charge in [-0.3, -0.25) is 0 Å². The topological polar surface area (TPSA) is 82.7 Å². The first-order valence-corrected chi connectivity index (χ1v) is 5.54. The molecule has 0 unspecified atom stereocenters. The second-order valence-electron chi connectivity index (χ2n) is 4.70. The molecular formula is C12H19NO4. The van der Waals surface area contributed by atoms with Crippen LogP contribution in [-0.2, 0) is 6.54 Å². The fourth-order valence-corrected chi connectivity index (χ4v) is 1.54. The lowest BCUT2D eigenvalue weighted by Gasteiger charge is -2.24. The molecular weight excluding hydrogens is 222 g/mol. The van der Waals surface area contributed by atoms with E-state index in [0.29, 0.717) is 24.5 Å². The number of aliphatic hydroxyl groups is 1. The maximum Gasteiger partial charge on any atom is 0.339 e. The summed E-state index contributed by atoms with van der Waals surface area (Å²) in [5.74, 6) is 0.0206. The molecule has 0 atom stereocenters. The third kappa shape index (κ3) is 3.87. The number of carbonyl (C=O) groups is 1. The Kier molecular flexibility index (Phi) is 4.31. The number of rotatable bonds is 6. The zero-order valence-corrected chi connectivity index (χ0v) is 10.4. The average Bonchev–Trinajstić information content (AvgIpc) is 2.57. The Labute approximate surface area is 100 Å². The third-order valence-corrected chi connectivity index (χ3v) is 2.68. The van der Waals surface area contributed by atoms with Crippen LogP contribution in [0.15, 0.2) is 10.5 Å². The van der Waals surface area contributed by atoms with Gasteiger partial charge >= 0.3 is 5.97 Å². The first kappa shape index (κ1) is 13.7. The predicted octanol–water partition coefficient (Wildman–Crippen LogP) is 1.54. The number of hydrogen-bond acceptors (Lipinski definition) is 4. The van der Waals surface area contributed by atoms with Gasteiger partial charge in [0.1, 0.15) is 17.1 Å². The van der Waals surface area contributed by atoms with Crippen molar-refractivity contribution < 1.29 is 19.4 Å². The van der Waals surface area contributed by atoms with Crippen LogP contribution >= 0.6 is 0 Å². The van der Waals surface area contributed by atoms with Gasteiger partial charge in [-0.25, -0.2) is 4.79 Å². The molecule has 3 N–H and O–H groups in total. The minimum absolute atomic E-state index is 0.109. The summed E-state index contributed by atoms with van der Waals surface area (Å²) in [5.41, 5.74) is -0.0134. The van der Waals surface area contributed by atoms with E-state index in [1.807, 2.05) is 13.8 Å². The molecule has 0 bridgehead atoms. The van der Waals surface area contributed by atoms with Crippen LogP contribution in [0.1, 0.15) is 42.1 Å². The van der Waals surface area contributed by atoms with Crippen molar-refractivity contribution in [1.29, 1.82) is 0 Å². The summed E-state index contributed by atoms with van der Waals surface area (Å²) in [4.78, 5) is 10.8. The SMILES string of the molecule is Cc1oc(CNC(C)(C)CCO)cc1C(=O)O. The molecule has 1 aromatic heterocycles. The molecule has 1 aromatic rings. The molecule has 0 spiro atoms. The Morgan fingerprint density at radius 2 is 2.18 bits per heavy atom. The molecule has 0 saturated carbocycles. The smallest absolute Gasteiger partial charge is 0.339 e. The third-order valence-electron chi connectivity index (χ3n) is 2.68. The summed E-state index contributed by atoms with van der Waals surface area (Å²) in [6, 6.07) is 1.53. The first-order valence-electron chi connectivity index (χ1n) is 5.54. The lowest BCUT2D eigenvalue weighted by atomic mass is 10.0. The molecule has 1 heterocycles. The minimum atomic E-state index is -0.980. The number of carboxylic acids is 1. The molecule has 0 aliphatic rings. The van der Waals surface area contributed by atoms with Crippen molar-refractivity contribution in [2.45, 2.75) is 39.3 Å². The molecule has 0 aliphatic carbocycles. The summed E-state index contributed by atoms with van der Waals surface area (Å²) < 4.78 is 5.34. The number of nitrogens with one attached hydrogen (secondary N) is 1. The molecule has 0 saturated heterocycles. The van der Waals surface area contributed by atoms with Gasteiger partial charge < -0.3 is 19.9 Å². The maximum atomic E-state index is 10.8. The summed E-state index contributed by atoms with van der Waals surface area (Å²) in [6.45, 7) is 6.12. The van der Waals surface area contributed by atoms with Crippen molar-refractivity contribution in [3.05, 3.63) is 23.2 Å². The Hall–Kier alpha value is -1.33. The zero-order valence-electron chi connectivity index (χ0n) is 10.4. The monoisotopic (exact) mass is 241 g/mol. The molecule has 1 rings (SSSR count). The fraction of sp³-hybridized carbons (Fsp3) is 0.583. The van der Waals surface area contributed by atoms with Gasteiger partial charge in [0.15, 0.2) is 0 Å². The number of carboxylic acid groups (broad SMARTS) is 1. The second kappa shape index (κ2) is 5.33. The van der Waals surface area contributed by atoms with Crippen molar-refractivity contribution in [1.82, 2.24) is 5.32 Å². The van der Waals surface area contributed by atoms with Gasteiger partial charge in [0.25, 0.3) is 0 Å². The highest BCUT2D eigenvalue weighted by Crippen LogP contribution is 2.16. The van der Waals surface area contributed by atoms with E-state index in [1.165, 1.54) is 6.07 Å². The highest BCUT2D eigenvalue weighted by atomic mass is 16.4. The Balaban J connectivity index is 2.64. The van der Waals surface area contributed by atoms with E-state index in [-0.39, 0.29) is 17.7 Å². The molecule has 0 fully saturated rings. The largest absolute Gasteiger partial charge is 0.478 e. The lowest BCUT2D eigenvalue weighted by molar-refractivity contribution is 0.0695. The van der Waals surface area contributed by atoms with Gasteiger partial charge in [0.05, 0.1) is 6.54 Å². The van der Waals surface area contributed by atoms with Gasteiger partial charge in [-0.15, -0.1) is 0 Å². The first-order chi connectivity index (χ1) is 7.85. The van der Waals surface area contributed by atoms with Gasteiger partial charge in [-0.05, 0) is 33.3 Å². The maximum absolute atomic E-state index is 10.8. The zero-order chi connectivity index (χ0) is 13.1. The minimum Gasteiger partial charge on any atom is -0.478 e. The molecule has 0 aliphatic heterocycles. The molecule has 0 radical (unpaired) electrons. The number of furan rings is 1. The van der Waals surface area contributed by atoms with Crippen LogP contribution in [0.3, 0.4) is 0 Å². The van der Waals surface area contributed by atoms with Crippen molar-refractivity contribution in [2.75, 3.05) is 6.61 Å². The van der Waals surface area contributed by atoms with E-state index in [1.54, 1.807) is 6.92 Å². The van der Waals surface area contributed by atoms with Crippen molar-refractivity contribution in [3.63, 3.8) is 0 Å². The number of hydrogen-bond donors (Lipinski definition) is 3. The van der Waals surface area contributed by atoms with Gasteiger partial charge in [0, 0.05) is 12.1 Å². The molecule has 0 aromatic carbocycles. The van der Waals surface area contributed by atoms with Crippen LogP contribution in [0.5, 0.6) is 0 Å². The van der Waals surface area contributed by atoms with E-state index in [0.717, 1.165) is 0 Å². The van der Waals surface area contributed by atoms with Crippen LogP contribution in [0.25, 0.3) is 0 Å². The van der Waals surface area contributed by atoms with E-state index >= 15 is 0 Å². The van der Waals surface area contributed by atoms with E-state index in [9.17, 15) is 4.79 Å². The molecule has 96 valence electrons. The highest BCUT2D eigenvalue weighted by molar-refractivity contribution is 5.88. The highest BCUT2D eigenvalue weighted by Gasteiger charge is 2.18. The van der Waals surface area contributed by atoms with Crippen molar-refractivity contribution in [2.24, 2.45) is 0 Å². The Morgan fingerprint density at radius 3 is 2.65 bits per heavy atom.